The van der Waals surface area contributed by atoms with Gasteiger partial charge in [-0.05, 0) is 204 Å². The number of aryl methyl sites for hydroxylation is 4. The fourth-order valence-electron chi connectivity index (χ4n) is 12.4. The van der Waals surface area contributed by atoms with Crippen LogP contribution in [-0.2, 0) is 10.8 Å². The van der Waals surface area contributed by atoms with Gasteiger partial charge in [-0.3, -0.25) is 0 Å². The molecule has 2 aliphatic heterocycles. The fraction of sp³-hybridized carbons (Fsp3) is 0.434. The van der Waals surface area contributed by atoms with Crippen molar-refractivity contribution in [1.29, 1.82) is 0 Å². The number of hydrogen-bond acceptors (Lipinski definition) is 2. The maximum Gasteiger partial charge on any atom is 0.252 e. The van der Waals surface area contributed by atoms with Crippen LogP contribution < -0.4 is 26.2 Å². The third-order valence-corrected chi connectivity index (χ3v) is 14.7. The Balaban J connectivity index is 1.32. The third-order valence-electron chi connectivity index (χ3n) is 14.7. The monoisotopic (exact) mass is 736 g/mol. The van der Waals surface area contributed by atoms with Crippen molar-refractivity contribution >= 4 is 57.2 Å². The molecule has 5 aromatic rings. The molecule has 2 nitrogen and oxygen atoms in total. The molecule has 10 rings (SSSR count). The molecule has 3 aliphatic carbocycles. The van der Waals surface area contributed by atoms with Gasteiger partial charge in [-0.1, -0.05) is 84.4 Å². The van der Waals surface area contributed by atoms with E-state index in [1.807, 2.05) is 0 Å². The summed E-state index contributed by atoms with van der Waals surface area (Å²) in [5.74, 6) is 4.15. The van der Waals surface area contributed by atoms with Gasteiger partial charge < -0.3 is 9.80 Å². The maximum atomic E-state index is 2.71. The molecule has 3 heteroatoms. The number of rotatable bonds is 3. The highest BCUT2D eigenvalue weighted by Crippen LogP contribution is 2.58. The summed E-state index contributed by atoms with van der Waals surface area (Å²) >= 11 is 0. The molecule has 5 aliphatic rings. The molecule has 0 spiro atoms. The number of fused-ring (bicyclic) bond motifs is 6. The van der Waals surface area contributed by atoms with Crippen LogP contribution in [0.3, 0.4) is 0 Å². The van der Waals surface area contributed by atoms with Crippen LogP contribution in [0.4, 0.5) is 34.1 Å². The highest BCUT2D eigenvalue weighted by molar-refractivity contribution is 7.00. The molecule has 286 valence electrons. The number of hydrogen-bond donors (Lipinski definition) is 0. The lowest BCUT2D eigenvalue weighted by Crippen LogP contribution is -2.61. The number of benzene rings is 5. The molecule has 5 atom stereocenters. The van der Waals surface area contributed by atoms with Gasteiger partial charge in [0.25, 0.3) is 6.71 Å². The van der Waals surface area contributed by atoms with Crippen molar-refractivity contribution in [2.24, 2.45) is 23.7 Å². The summed E-state index contributed by atoms with van der Waals surface area (Å²) < 4.78 is 0. The predicted octanol–water partition coefficient (Wildman–Crippen LogP) is 12.5. The average Bonchev–Trinajstić information content (AvgIpc) is 3.11. The first kappa shape index (κ1) is 36.1. The SMILES string of the molecule is Cc1cc(C)cc(N2c3ccc(C(C)(C)C)cc3B3c4cc(C(C)(C)C)ccc4N(c4cc(C)cc(C)c4)c4cc(C5CC6CC7CCC5C(C7)C6)cc2c43)c1. The lowest BCUT2D eigenvalue weighted by Gasteiger charge is -2.52. The first-order valence-corrected chi connectivity index (χ1v) is 21.8. The van der Waals surface area contributed by atoms with Crippen LogP contribution in [0.1, 0.15) is 125 Å². The minimum Gasteiger partial charge on any atom is -0.311 e. The Hall–Kier alpha value is -4.24. The highest BCUT2D eigenvalue weighted by atomic mass is 15.2. The second-order valence-electron chi connectivity index (χ2n) is 21.1. The van der Waals surface area contributed by atoms with Crippen molar-refractivity contribution in [2.45, 2.75) is 125 Å². The Morgan fingerprint density at radius 2 is 0.982 bits per heavy atom. The Morgan fingerprint density at radius 1 is 0.500 bits per heavy atom. The van der Waals surface area contributed by atoms with Gasteiger partial charge in [0.05, 0.1) is 0 Å². The summed E-state index contributed by atoms with van der Waals surface area (Å²) in [6.07, 6.45) is 8.58. The fourth-order valence-corrected chi connectivity index (χ4v) is 12.4. The second kappa shape index (κ2) is 12.6. The van der Waals surface area contributed by atoms with E-state index in [0.29, 0.717) is 5.92 Å². The minimum atomic E-state index is 0.0285. The van der Waals surface area contributed by atoms with Crippen LogP contribution in [0.5, 0.6) is 0 Å². The molecule has 5 aromatic carbocycles. The molecular formula is C53H61BN2. The van der Waals surface area contributed by atoms with Gasteiger partial charge >= 0.3 is 0 Å². The summed E-state index contributed by atoms with van der Waals surface area (Å²) in [7, 11) is 0. The zero-order valence-corrected chi connectivity index (χ0v) is 35.7. The average molecular weight is 737 g/mol. The molecule has 0 saturated heterocycles. The lowest BCUT2D eigenvalue weighted by molar-refractivity contribution is 0.0153. The van der Waals surface area contributed by atoms with E-state index in [1.165, 1.54) is 122 Å². The van der Waals surface area contributed by atoms with Crippen LogP contribution >= 0.6 is 0 Å². The maximum absolute atomic E-state index is 2.71. The predicted molar refractivity (Wildman–Crippen MR) is 241 cm³/mol. The standard InChI is InChI=1S/C53H61BN2/c1-31-17-32(2)20-41(19-31)55-47-15-12-39(52(5,6)7)29-45(47)54-46-30-40(53(8,9)10)13-16-48(46)56(42-21-33(3)18-34(4)22-42)50-28-38(27-49(55)51(50)54)44-26-36-23-35-11-14-43(44)37(24-35)25-36/h12-13,15-22,27-30,35-37,43-44H,11,14,23-26H2,1-10H3. The van der Waals surface area contributed by atoms with Crippen LogP contribution in [-0.4, -0.2) is 6.71 Å². The van der Waals surface area contributed by atoms with Crippen molar-refractivity contribution in [3.05, 3.63) is 124 Å². The number of nitrogens with zero attached hydrogens (tertiary/aromatic N) is 2. The van der Waals surface area contributed by atoms with Crippen molar-refractivity contribution in [3.63, 3.8) is 0 Å². The molecule has 2 heterocycles. The van der Waals surface area contributed by atoms with Gasteiger partial charge in [0.15, 0.2) is 0 Å². The van der Waals surface area contributed by atoms with Gasteiger partial charge in [-0.15, -0.1) is 0 Å². The largest absolute Gasteiger partial charge is 0.311 e. The molecule has 3 fully saturated rings. The van der Waals surface area contributed by atoms with Gasteiger partial charge in [-0.25, -0.2) is 0 Å². The smallest absolute Gasteiger partial charge is 0.252 e. The zero-order chi connectivity index (χ0) is 39.0. The van der Waals surface area contributed by atoms with Gasteiger partial charge in [-0.2, -0.15) is 0 Å². The molecule has 0 aromatic heterocycles. The topological polar surface area (TPSA) is 6.48 Å². The lowest BCUT2D eigenvalue weighted by atomic mass is 9.33. The van der Waals surface area contributed by atoms with Gasteiger partial charge in [0.1, 0.15) is 0 Å². The molecule has 0 radical (unpaired) electrons. The van der Waals surface area contributed by atoms with Crippen LogP contribution in [0.25, 0.3) is 0 Å². The van der Waals surface area contributed by atoms with Crippen LogP contribution in [0.2, 0.25) is 0 Å². The first-order valence-electron chi connectivity index (χ1n) is 21.8. The van der Waals surface area contributed by atoms with Crippen LogP contribution in [0, 0.1) is 51.4 Å². The molecule has 5 unspecified atom stereocenters. The summed E-state index contributed by atoms with van der Waals surface area (Å²) in [5, 5.41) is 0. The minimum absolute atomic E-state index is 0.0285. The quantitative estimate of drug-likeness (QED) is 0.167. The van der Waals surface area contributed by atoms with Crippen molar-refractivity contribution < 1.29 is 0 Å². The zero-order valence-electron chi connectivity index (χ0n) is 35.7. The van der Waals surface area contributed by atoms with Crippen molar-refractivity contribution in [3.8, 4) is 0 Å². The molecule has 56 heavy (non-hydrogen) atoms. The van der Waals surface area contributed by atoms with E-state index >= 15 is 0 Å². The molecule has 0 N–H and O–H groups in total. The Labute approximate surface area is 337 Å². The van der Waals surface area contributed by atoms with E-state index in [4.69, 9.17) is 0 Å². The van der Waals surface area contributed by atoms with Crippen molar-refractivity contribution in [1.82, 2.24) is 0 Å². The highest BCUT2D eigenvalue weighted by Gasteiger charge is 2.49. The summed E-state index contributed by atoms with van der Waals surface area (Å²) in [6.45, 7) is 23.4. The molecular weight excluding hydrogens is 675 g/mol. The second-order valence-corrected chi connectivity index (χ2v) is 21.1. The van der Waals surface area contributed by atoms with E-state index in [9.17, 15) is 0 Å². The Morgan fingerprint density at radius 3 is 1.46 bits per heavy atom. The van der Waals surface area contributed by atoms with E-state index < -0.39 is 0 Å². The molecule has 3 saturated carbocycles. The van der Waals surface area contributed by atoms with Crippen molar-refractivity contribution in [2.75, 3.05) is 9.80 Å². The Bertz CT molecular complexity index is 2220. The van der Waals surface area contributed by atoms with E-state index in [0.717, 1.165) is 23.7 Å². The summed E-state index contributed by atoms with van der Waals surface area (Å²) in [4.78, 5) is 5.36. The third kappa shape index (κ3) is 5.81. The van der Waals surface area contributed by atoms with Crippen LogP contribution in [0.15, 0.2) is 84.9 Å². The van der Waals surface area contributed by atoms with E-state index in [-0.39, 0.29) is 17.5 Å². The summed E-state index contributed by atoms with van der Waals surface area (Å²) in [6, 6.07) is 34.7. The molecule has 3 bridgehead atoms. The molecule has 0 amide bonds. The van der Waals surface area contributed by atoms with Gasteiger partial charge in [0, 0.05) is 34.1 Å². The number of anilines is 6. The van der Waals surface area contributed by atoms with E-state index in [2.05, 4.69) is 164 Å². The first-order chi connectivity index (χ1) is 26.6. The van der Waals surface area contributed by atoms with Gasteiger partial charge in [0.2, 0.25) is 0 Å². The van der Waals surface area contributed by atoms with E-state index in [1.54, 1.807) is 5.56 Å². The summed E-state index contributed by atoms with van der Waals surface area (Å²) in [5.41, 5.74) is 22.0. The normalized spacial score (nSPS) is 23.5. The Kier molecular flexibility index (Phi) is 8.15.